The maximum atomic E-state index is 12.5. The second kappa shape index (κ2) is 9.30. The smallest absolute Gasteiger partial charge is 0.387 e. The molecule has 0 spiro atoms. The summed E-state index contributed by atoms with van der Waals surface area (Å²) in [6, 6.07) is 5.55. The lowest BCUT2D eigenvalue weighted by Gasteiger charge is -2.17. The van der Waals surface area contributed by atoms with Crippen molar-refractivity contribution in [3.8, 4) is 11.5 Å². The first kappa shape index (κ1) is 18.3. The highest BCUT2D eigenvalue weighted by Crippen LogP contribution is 2.29. The predicted octanol–water partition coefficient (Wildman–Crippen LogP) is 2.95. The Labute approximate surface area is 141 Å². The van der Waals surface area contributed by atoms with Gasteiger partial charge in [0.15, 0.2) is 17.5 Å². The van der Waals surface area contributed by atoms with E-state index in [1.54, 1.807) is 19.2 Å². The molecule has 2 rings (SSSR count). The molecule has 0 atom stereocenters. The van der Waals surface area contributed by atoms with E-state index in [-0.39, 0.29) is 5.75 Å². The van der Waals surface area contributed by atoms with Gasteiger partial charge in [-0.05, 0) is 37.0 Å². The monoisotopic (exact) mass is 341 g/mol. The van der Waals surface area contributed by atoms with Crippen LogP contribution in [0.4, 0.5) is 8.78 Å². The van der Waals surface area contributed by atoms with Crippen molar-refractivity contribution >= 4 is 5.96 Å². The molecule has 0 heterocycles. The number of nitrogens with one attached hydrogen (secondary N) is 2. The maximum Gasteiger partial charge on any atom is 0.387 e. The highest BCUT2D eigenvalue weighted by Gasteiger charge is 2.16. The lowest BCUT2D eigenvalue weighted by atomic mass is 10.1. The summed E-state index contributed by atoms with van der Waals surface area (Å²) in [4.78, 5) is 4.22. The summed E-state index contributed by atoms with van der Waals surface area (Å²) in [6.07, 6.45) is 5.52. The topological polar surface area (TPSA) is 54.9 Å². The molecule has 0 bridgehead atoms. The Balaban J connectivity index is 1.86. The molecule has 0 unspecified atom stereocenters. The Hall–Kier alpha value is -2.05. The van der Waals surface area contributed by atoms with Gasteiger partial charge in [-0.2, -0.15) is 8.78 Å². The SMILES string of the molecule is CN=C(NCCc1ccc(OC)c(OC(F)F)c1)NC1CCCC1. The largest absolute Gasteiger partial charge is 0.493 e. The third-order valence-corrected chi connectivity index (χ3v) is 4.07. The fourth-order valence-corrected chi connectivity index (χ4v) is 2.85. The molecule has 0 radical (unpaired) electrons. The fourth-order valence-electron chi connectivity index (χ4n) is 2.85. The van der Waals surface area contributed by atoms with Gasteiger partial charge in [-0.25, -0.2) is 0 Å². The van der Waals surface area contributed by atoms with Gasteiger partial charge in [-0.15, -0.1) is 0 Å². The van der Waals surface area contributed by atoms with E-state index in [1.807, 2.05) is 6.07 Å². The average molecular weight is 341 g/mol. The molecule has 7 heteroatoms. The molecule has 0 amide bonds. The summed E-state index contributed by atoms with van der Waals surface area (Å²) in [5.41, 5.74) is 0.885. The molecule has 5 nitrogen and oxygen atoms in total. The number of benzene rings is 1. The van der Waals surface area contributed by atoms with Gasteiger partial charge in [-0.1, -0.05) is 18.9 Å². The average Bonchev–Trinajstić information content (AvgIpc) is 3.06. The molecule has 1 aromatic rings. The summed E-state index contributed by atoms with van der Waals surface area (Å²) >= 11 is 0. The van der Waals surface area contributed by atoms with E-state index in [4.69, 9.17) is 4.74 Å². The molecule has 1 fully saturated rings. The van der Waals surface area contributed by atoms with Crippen LogP contribution in [0.2, 0.25) is 0 Å². The molecule has 24 heavy (non-hydrogen) atoms. The Morgan fingerprint density at radius 1 is 1.29 bits per heavy atom. The van der Waals surface area contributed by atoms with Gasteiger partial charge in [0.2, 0.25) is 0 Å². The van der Waals surface area contributed by atoms with Crippen LogP contribution in [0.1, 0.15) is 31.2 Å². The maximum absolute atomic E-state index is 12.5. The molecule has 0 aliphatic heterocycles. The third kappa shape index (κ3) is 5.54. The lowest BCUT2D eigenvalue weighted by molar-refractivity contribution is -0.0512. The van der Waals surface area contributed by atoms with Gasteiger partial charge >= 0.3 is 6.61 Å². The van der Waals surface area contributed by atoms with Crippen molar-refractivity contribution in [2.45, 2.75) is 44.8 Å². The third-order valence-electron chi connectivity index (χ3n) is 4.07. The van der Waals surface area contributed by atoms with Gasteiger partial charge in [0.1, 0.15) is 0 Å². The zero-order chi connectivity index (χ0) is 17.4. The van der Waals surface area contributed by atoms with E-state index >= 15 is 0 Å². The summed E-state index contributed by atoms with van der Waals surface area (Å²) in [6.45, 7) is -2.23. The van der Waals surface area contributed by atoms with E-state index in [0.717, 1.165) is 11.5 Å². The number of hydrogen-bond donors (Lipinski definition) is 2. The zero-order valence-electron chi connectivity index (χ0n) is 14.1. The molecule has 134 valence electrons. The molecule has 1 saturated carbocycles. The van der Waals surface area contributed by atoms with Gasteiger partial charge in [0, 0.05) is 19.6 Å². The molecular weight excluding hydrogens is 316 g/mol. The summed E-state index contributed by atoms with van der Waals surface area (Å²) in [7, 11) is 3.17. The molecule has 0 aromatic heterocycles. The van der Waals surface area contributed by atoms with Crippen molar-refractivity contribution in [1.82, 2.24) is 10.6 Å². The quantitative estimate of drug-likeness (QED) is 0.591. The van der Waals surface area contributed by atoms with Crippen molar-refractivity contribution in [3.05, 3.63) is 23.8 Å². The van der Waals surface area contributed by atoms with Crippen LogP contribution in [0.5, 0.6) is 11.5 Å². The summed E-state index contributed by atoms with van der Waals surface area (Å²) in [5, 5.41) is 6.65. The number of ether oxygens (including phenoxy) is 2. The molecule has 1 aliphatic rings. The van der Waals surface area contributed by atoms with Gasteiger partial charge in [0.25, 0.3) is 0 Å². The van der Waals surface area contributed by atoms with E-state index in [9.17, 15) is 8.78 Å². The van der Waals surface area contributed by atoms with E-state index in [0.29, 0.717) is 24.8 Å². The summed E-state index contributed by atoms with van der Waals surface area (Å²) in [5.74, 6) is 1.13. The van der Waals surface area contributed by atoms with Crippen molar-refractivity contribution < 1.29 is 18.3 Å². The summed E-state index contributed by atoms with van der Waals surface area (Å²) < 4.78 is 34.4. The molecule has 1 aliphatic carbocycles. The minimum Gasteiger partial charge on any atom is -0.493 e. The number of methoxy groups -OCH3 is 1. The standard InChI is InChI=1S/C17H25F2N3O2/c1-20-17(22-13-5-3-4-6-13)21-10-9-12-7-8-14(23-2)15(11-12)24-16(18)19/h7-8,11,13,16H,3-6,9-10H2,1-2H3,(H2,20,21,22). The predicted molar refractivity (Wildman–Crippen MR) is 90.1 cm³/mol. The van der Waals surface area contributed by atoms with Crippen LogP contribution in [0.25, 0.3) is 0 Å². The van der Waals surface area contributed by atoms with Crippen LogP contribution in [-0.2, 0) is 6.42 Å². The second-order valence-corrected chi connectivity index (χ2v) is 5.74. The van der Waals surface area contributed by atoms with Crippen molar-refractivity contribution in [2.75, 3.05) is 20.7 Å². The minimum atomic E-state index is -2.87. The van der Waals surface area contributed by atoms with Crippen LogP contribution >= 0.6 is 0 Å². The van der Waals surface area contributed by atoms with Crippen molar-refractivity contribution in [2.24, 2.45) is 4.99 Å². The first-order chi connectivity index (χ1) is 11.6. The van der Waals surface area contributed by atoms with Crippen LogP contribution < -0.4 is 20.1 Å². The second-order valence-electron chi connectivity index (χ2n) is 5.74. The van der Waals surface area contributed by atoms with Gasteiger partial charge in [-0.3, -0.25) is 4.99 Å². The van der Waals surface area contributed by atoms with Crippen LogP contribution in [0.3, 0.4) is 0 Å². The van der Waals surface area contributed by atoms with Crippen LogP contribution in [0.15, 0.2) is 23.2 Å². The molecular formula is C17H25F2N3O2. The Bertz CT molecular complexity index is 547. The molecule has 2 N–H and O–H groups in total. The minimum absolute atomic E-state index is 0.0541. The van der Waals surface area contributed by atoms with Crippen LogP contribution in [0, 0.1) is 0 Å². The van der Waals surface area contributed by atoms with Crippen molar-refractivity contribution in [3.63, 3.8) is 0 Å². The Morgan fingerprint density at radius 3 is 2.67 bits per heavy atom. The van der Waals surface area contributed by atoms with E-state index in [1.165, 1.54) is 32.8 Å². The van der Waals surface area contributed by atoms with E-state index < -0.39 is 6.61 Å². The highest BCUT2D eigenvalue weighted by atomic mass is 19.3. The number of nitrogens with zero attached hydrogens (tertiary/aromatic N) is 1. The number of hydrogen-bond acceptors (Lipinski definition) is 3. The Kier molecular flexibility index (Phi) is 7.08. The van der Waals surface area contributed by atoms with Gasteiger partial charge in [0.05, 0.1) is 7.11 Å². The first-order valence-electron chi connectivity index (χ1n) is 8.21. The van der Waals surface area contributed by atoms with E-state index in [2.05, 4.69) is 20.4 Å². The van der Waals surface area contributed by atoms with Crippen LogP contribution in [-0.4, -0.2) is 39.3 Å². The number of guanidine groups is 1. The van der Waals surface area contributed by atoms with Gasteiger partial charge < -0.3 is 20.1 Å². The molecule has 1 aromatic carbocycles. The number of alkyl halides is 2. The first-order valence-corrected chi connectivity index (χ1v) is 8.21. The number of rotatable bonds is 7. The highest BCUT2D eigenvalue weighted by molar-refractivity contribution is 5.79. The zero-order valence-corrected chi connectivity index (χ0v) is 14.1. The number of halogens is 2. The lowest BCUT2D eigenvalue weighted by Crippen LogP contribution is -2.42. The number of aliphatic imine (C=N–C) groups is 1. The fraction of sp³-hybridized carbons (Fsp3) is 0.588. The van der Waals surface area contributed by atoms with Crippen molar-refractivity contribution in [1.29, 1.82) is 0 Å². The normalized spacial score (nSPS) is 15.6. The molecule has 0 saturated heterocycles. The Morgan fingerprint density at radius 2 is 2.04 bits per heavy atom.